The Morgan fingerprint density at radius 1 is 1.21 bits per heavy atom. The van der Waals surface area contributed by atoms with Crippen molar-refractivity contribution >= 4 is 11.9 Å². The first-order chi connectivity index (χ1) is 14.0. The van der Waals surface area contributed by atoms with Crippen molar-refractivity contribution in [2.45, 2.75) is 56.6 Å². The largest absolute Gasteiger partial charge is 0.491 e. The van der Waals surface area contributed by atoms with Gasteiger partial charge in [0.2, 0.25) is 0 Å². The summed E-state index contributed by atoms with van der Waals surface area (Å²) in [6.45, 7) is 0.892. The molecule has 1 aliphatic heterocycles. The number of benzene rings is 1. The minimum absolute atomic E-state index is 0.128. The van der Waals surface area contributed by atoms with Gasteiger partial charge in [0, 0.05) is 13.7 Å². The van der Waals surface area contributed by atoms with Gasteiger partial charge in [0.25, 0.3) is 5.91 Å². The normalized spacial score (nSPS) is 20.5. The van der Waals surface area contributed by atoms with Gasteiger partial charge in [0.1, 0.15) is 17.9 Å². The van der Waals surface area contributed by atoms with E-state index in [4.69, 9.17) is 14.2 Å². The number of likely N-dealkylation sites (N-methyl/N-ethyl adjacent to an activating group) is 1. The zero-order valence-electron chi connectivity index (χ0n) is 16.9. The zero-order valence-corrected chi connectivity index (χ0v) is 16.9. The van der Waals surface area contributed by atoms with E-state index in [1.165, 1.54) is 4.90 Å². The smallest absolute Gasteiger partial charge is 0.338 e. The molecule has 1 heterocycles. The van der Waals surface area contributed by atoms with Gasteiger partial charge in [-0.25, -0.2) is 4.79 Å². The lowest BCUT2D eigenvalue weighted by Crippen LogP contribution is -2.51. The Bertz CT molecular complexity index is 743. The van der Waals surface area contributed by atoms with E-state index < -0.39 is 11.5 Å². The third kappa shape index (κ3) is 5.27. The van der Waals surface area contributed by atoms with Gasteiger partial charge in [-0.15, -0.1) is 0 Å². The zero-order chi connectivity index (χ0) is 20.7. The van der Waals surface area contributed by atoms with Crippen molar-refractivity contribution in [1.29, 1.82) is 5.26 Å². The maximum Gasteiger partial charge on any atom is 0.338 e. The summed E-state index contributed by atoms with van der Waals surface area (Å²) in [5.41, 5.74) is -0.443. The number of amides is 1. The van der Waals surface area contributed by atoms with E-state index in [2.05, 4.69) is 6.07 Å². The first kappa shape index (κ1) is 21.1. The summed E-state index contributed by atoms with van der Waals surface area (Å²) in [4.78, 5) is 26.2. The van der Waals surface area contributed by atoms with Crippen LogP contribution in [0.1, 0.15) is 55.3 Å². The van der Waals surface area contributed by atoms with Gasteiger partial charge in [-0.1, -0.05) is 19.3 Å². The minimum Gasteiger partial charge on any atom is -0.491 e. The standard InChI is InChI=1S/C22H28N2O5/c1-24(22(16-23)11-3-2-4-12-22)20(25)15-29-21(26)17-7-9-18(10-8-17)28-14-19-6-5-13-27-19/h7-10,19H,2-6,11-15H2,1H3/t19-/m1/s1. The Morgan fingerprint density at radius 3 is 2.55 bits per heavy atom. The molecule has 1 amide bonds. The van der Waals surface area contributed by atoms with Crippen molar-refractivity contribution in [2.75, 3.05) is 26.9 Å². The van der Waals surface area contributed by atoms with Crippen molar-refractivity contribution < 1.29 is 23.8 Å². The summed E-state index contributed by atoms with van der Waals surface area (Å²) in [7, 11) is 1.62. The molecule has 1 aromatic rings. The molecule has 1 saturated heterocycles. The van der Waals surface area contributed by atoms with Gasteiger partial charge < -0.3 is 19.1 Å². The fourth-order valence-electron chi connectivity index (χ4n) is 3.86. The summed E-state index contributed by atoms with van der Waals surface area (Å²) in [5, 5.41) is 9.58. The highest BCUT2D eigenvalue weighted by Crippen LogP contribution is 2.32. The number of hydrogen-bond donors (Lipinski definition) is 0. The van der Waals surface area contributed by atoms with E-state index in [0.717, 1.165) is 38.7 Å². The summed E-state index contributed by atoms with van der Waals surface area (Å²) >= 11 is 0. The summed E-state index contributed by atoms with van der Waals surface area (Å²) in [5.74, 6) is -0.286. The van der Waals surface area contributed by atoms with Crippen LogP contribution in [0.2, 0.25) is 0 Å². The average Bonchev–Trinajstić information content (AvgIpc) is 3.29. The average molecular weight is 400 g/mol. The highest BCUT2D eigenvalue weighted by atomic mass is 16.5. The molecule has 0 spiro atoms. The van der Waals surface area contributed by atoms with E-state index in [-0.39, 0.29) is 18.6 Å². The quantitative estimate of drug-likeness (QED) is 0.654. The fourth-order valence-corrected chi connectivity index (χ4v) is 3.86. The molecular formula is C22H28N2O5. The van der Waals surface area contributed by atoms with E-state index in [9.17, 15) is 14.9 Å². The van der Waals surface area contributed by atoms with Crippen molar-refractivity contribution in [3.63, 3.8) is 0 Å². The van der Waals surface area contributed by atoms with E-state index in [1.807, 2.05) is 0 Å². The third-order valence-electron chi connectivity index (χ3n) is 5.78. The number of rotatable bonds is 7. The van der Waals surface area contributed by atoms with Gasteiger partial charge in [-0.3, -0.25) is 4.79 Å². The van der Waals surface area contributed by atoms with Gasteiger partial charge in [-0.2, -0.15) is 5.26 Å². The molecule has 1 aliphatic carbocycles. The molecule has 3 rings (SSSR count). The Kier molecular flexibility index (Phi) is 7.10. The number of hydrogen-bond acceptors (Lipinski definition) is 6. The predicted molar refractivity (Wildman–Crippen MR) is 105 cm³/mol. The number of nitriles is 1. The van der Waals surface area contributed by atoms with Gasteiger partial charge in [-0.05, 0) is 49.9 Å². The molecule has 2 aliphatic rings. The maximum absolute atomic E-state index is 12.5. The van der Waals surface area contributed by atoms with Crippen molar-refractivity contribution in [3.05, 3.63) is 29.8 Å². The van der Waals surface area contributed by atoms with Crippen molar-refractivity contribution in [3.8, 4) is 11.8 Å². The highest BCUT2D eigenvalue weighted by molar-refractivity contribution is 5.91. The van der Waals surface area contributed by atoms with Crippen LogP contribution in [0.3, 0.4) is 0 Å². The first-order valence-corrected chi connectivity index (χ1v) is 10.2. The van der Waals surface area contributed by atoms with Crippen LogP contribution < -0.4 is 4.74 Å². The molecule has 29 heavy (non-hydrogen) atoms. The second kappa shape index (κ2) is 9.75. The number of esters is 1. The highest BCUT2D eigenvalue weighted by Gasteiger charge is 2.39. The lowest BCUT2D eigenvalue weighted by atomic mass is 9.81. The van der Waals surface area contributed by atoms with Crippen LogP contribution in [0.5, 0.6) is 5.75 Å². The molecule has 2 fully saturated rings. The van der Waals surface area contributed by atoms with Crippen molar-refractivity contribution in [2.24, 2.45) is 0 Å². The fraction of sp³-hybridized carbons (Fsp3) is 0.591. The van der Waals surface area contributed by atoms with Crippen LogP contribution in [0.4, 0.5) is 0 Å². The SMILES string of the molecule is CN(C(=O)COC(=O)c1ccc(OC[C@H]2CCCO2)cc1)C1(C#N)CCCCC1. The molecule has 156 valence electrons. The van der Waals surface area contributed by atoms with Gasteiger partial charge in [0.15, 0.2) is 6.61 Å². The predicted octanol–water partition coefficient (Wildman–Crippen LogP) is 3.09. The molecule has 1 saturated carbocycles. The molecule has 0 radical (unpaired) electrons. The topological polar surface area (TPSA) is 88.9 Å². The second-order valence-electron chi connectivity index (χ2n) is 7.70. The molecule has 0 unspecified atom stereocenters. The summed E-state index contributed by atoms with van der Waals surface area (Å²) in [6.07, 6.45) is 6.43. The van der Waals surface area contributed by atoms with Crippen LogP contribution in [-0.4, -0.2) is 55.3 Å². The number of nitrogens with zero attached hydrogens (tertiary/aromatic N) is 2. The first-order valence-electron chi connectivity index (χ1n) is 10.2. The number of carbonyl (C=O) groups is 2. The van der Waals surface area contributed by atoms with Crippen LogP contribution in [0.15, 0.2) is 24.3 Å². The molecule has 7 nitrogen and oxygen atoms in total. The lowest BCUT2D eigenvalue weighted by molar-refractivity contribution is -0.138. The van der Waals surface area contributed by atoms with Gasteiger partial charge >= 0.3 is 5.97 Å². The Hall–Kier alpha value is -2.59. The summed E-state index contributed by atoms with van der Waals surface area (Å²) < 4.78 is 16.4. The van der Waals surface area contributed by atoms with Gasteiger partial charge in [0.05, 0.1) is 17.7 Å². The van der Waals surface area contributed by atoms with Crippen LogP contribution >= 0.6 is 0 Å². The lowest BCUT2D eigenvalue weighted by Gasteiger charge is -2.38. The Morgan fingerprint density at radius 2 is 1.93 bits per heavy atom. The number of carbonyl (C=O) groups excluding carboxylic acids is 2. The maximum atomic E-state index is 12.5. The van der Waals surface area contributed by atoms with E-state index in [1.54, 1.807) is 31.3 Å². The van der Waals surface area contributed by atoms with Crippen molar-refractivity contribution in [1.82, 2.24) is 4.90 Å². The Balaban J connectivity index is 1.48. The number of ether oxygens (including phenoxy) is 3. The van der Waals surface area contributed by atoms with Crippen LogP contribution in [0.25, 0.3) is 0 Å². The van der Waals surface area contributed by atoms with Crippen LogP contribution in [0, 0.1) is 11.3 Å². The monoisotopic (exact) mass is 400 g/mol. The molecule has 0 aromatic heterocycles. The second-order valence-corrected chi connectivity index (χ2v) is 7.70. The molecular weight excluding hydrogens is 372 g/mol. The molecule has 1 aromatic carbocycles. The molecule has 0 bridgehead atoms. The Labute approximate surface area is 171 Å². The van der Waals surface area contributed by atoms with Crippen LogP contribution in [-0.2, 0) is 14.3 Å². The molecule has 1 atom stereocenters. The van der Waals surface area contributed by atoms with E-state index in [0.29, 0.717) is 30.8 Å². The third-order valence-corrected chi connectivity index (χ3v) is 5.78. The minimum atomic E-state index is -0.788. The van der Waals surface area contributed by atoms with E-state index >= 15 is 0 Å². The summed E-state index contributed by atoms with van der Waals surface area (Å²) in [6, 6.07) is 8.92. The molecule has 0 N–H and O–H groups in total. The molecule has 7 heteroatoms.